The molecule has 118 valence electrons. The van der Waals surface area contributed by atoms with Crippen molar-refractivity contribution < 1.29 is 4.79 Å². The minimum Gasteiger partial charge on any atom is -0.355 e. The third-order valence-corrected chi connectivity index (χ3v) is 4.63. The van der Waals surface area contributed by atoms with Crippen molar-refractivity contribution in [1.82, 2.24) is 14.8 Å². The van der Waals surface area contributed by atoms with Crippen molar-refractivity contribution >= 4 is 16.8 Å². The SMILES string of the molecule is CN1CCCC[C@H]1C(=O)NCCCn1ccc2ccccc21. The van der Waals surface area contributed by atoms with Gasteiger partial charge >= 0.3 is 0 Å². The molecule has 3 rings (SSSR count). The maximum Gasteiger partial charge on any atom is 0.237 e. The number of carbonyl (C=O) groups is 1. The van der Waals surface area contributed by atoms with Gasteiger partial charge in [0, 0.05) is 24.8 Å². The van der Waals surface area contributed by atoms with Crippen LogP contribution in [0.4, 0.5) is 0 Å². The topological polar surface area (TPSA) is 37.3 Å². The number of para-hydroxylation sites is 1. The Labute approximate surface area is 132 Å². The van der Waals surface area contributed by atoms with Crippen LogP contribution < -0.4 is 5.32 Å². The lowest BCUT2D eigenvalue weighted by atomic mass is 10.0. The Morgan fingerprint density at radius 3 is 3.00 bits per heavy atom. The van der Waals surface area contributed by atoms with E-state index >= 15 is 0 Å². The van der Waals surface area contributed by atoms with Crippen LogP contribution in [0.5, 0.6) is 0 Å². The molecule has 1 N–H and O–H groups in total. The van der Waals surface area contributed by atoms with E-state index in [4.69, 9.17) is 0 Å². The third kappa shape index (κ3) is 3.33. The molecule has 0 radical (unpaired) electrons. The molecule has 2 aromatic rings. The molecule has 0 bridgehead atoms. The molecule has 1 fully saturated rings. The quantitative estimate of drug-likeness (QED) is 0.862. The average Bonchev–Trinajstić information content (AvgIpc) is 2.95. The van der Waals surface area contributed by atoms with Crippen LogP contribution in [0.25, 0.3) is 10.9 Å². The van der Waals surface area contributed by atoms with Crippen LogP contribution in [0.15, 0.2) is 36.5 Å². The molecule has 2 heterocycles. The Balaban J connectivity index is 1.46. The average molecular weight is 299 g/mol. The number of rotatable bonds is 5. The summed E-state index contributed by atoms with van der Waals surface area (Å²) in [5.74, 6) is 0.194. The second kappa shape index (κ2) is 6.97. The van der Waals surface area contributed by atoms with Crippen LogP contribution in [-0.4, -0.2) is 41.6 Å². The molecule has 0 saturated carbocycles. The minimum atomic E-state index is 0.0705. The van der Waals surface area contributed by atoms with Gasteiger partial charge in [-0.1, -0.05) is 24.6 Å². The van der Waals surface area contributed by atoms with Crippen LogP contribution in [0.1, 0.15) is 25.7 Å². The fourth-order valence-corrected chi connectivity index (χ4v) is 3.32. The molecule has 4 nitrogen and oxygen atoms in total. The van der Waals surface area contributed by atoms with Gasteiger partial charge in [-0.05, 0) is 50.4 Å². The fourth-order valence-electron chi connectivity index (χ4n) is 3.32. The molecule has 1 saturated heterocycles. The van der Waals surface area contributed by atoms with Crippen LogP contribution in [0.3, 0.4) is 0 Å². The summed E-state index contributed by atoms with van der Waals surface area (Å²) in [7, 11) is 2.05. The summed E-state index contributed by atoms with van der Waals surface area (Å²) in [6, 6.07) is 10.6. The first-order valence-corrected chi connectivity index (χ1v) is 8.27. The Bertz CT molecular complexity index is 634. The van der Waals surface area contributed by atoms with Gasteiger partial charge in [-0.3, -0.25) is 9.69 Å². The number of fused-ring (bicyclic) bond motifs is 1. The van der Waals surface area contributed by atoms with E-state index in [0.717, 1.165) is 38.9 Å². The number of likely N-dealkylation sites (tertiary alicyclic amines) is 1. The van der Waals surface area contributed by atoms with Gasteiger partial charge in [-0.2, -0.15) is 0 Å². The van der Waals surface area contributed by atoms with E-state index < -0.39 is 0 Å². The molecule has 1 aliphatic heterocycles. The number of nitrogens with one attached hydrogen (secondary N) is 1. The number of nitrogens with zero attached hydrogens (tertiary/aromatic N) is 2. The van der Waals surface area contributed by atoms with E-state index in [-0.39, 0.29) is 11.9 Å². The first kappa shape index (κ1) is 15.1. The predicted molar refractivity (Wildman–Crippen MR) is 89.8 cm³/mol. The van der Waals surface area contributed by atoms with Gasteiger partial charge in [-0.15, -0.1) is 0 Å². The van der Waals surface area contributed by atoms with Gasteiger partial charge in [0.1, 0.15) is 0 Å². The van der Waals surface area contributed by atoms with Gasteiger partial charge in [0.15, 0.2) is 0 Å². The largest absolute Gasteiger partial charge is 0.355 e. The predicted octanol–water partition coefficient (Wildman–Crippen LogP) is 2.63. The highest BCUT2D eigenvalue weighted by atomic mass is 16.2. The smallest absolute Gasteiger partial charge is 0.237 e. The highest BCUT2D eigenvalue weighted by molar-refractivity contribution is 5.81. The van der Waals surface area contributed by atoms with E-state index in [0.29, 0.717) is 0 Å². The summed E-state index contributed by atoms with van der Waals surface area (Å²) in [4.78, 5) is 14.4. The van der Waals surface area contributed by atoms with Crippen molar-refractivity contribution in [3.05, 3.63) is 36.5 Å². The number of piperidine rings is 1. The molecule has 1 aromatic heterocycles. The van der Waals surface area contributed by atoms with E-state index in [1.165, 1.54) is 17.3 Å². The number of amides is 1. The van der Waals surface area contributed by atoms with Gasteiger partial charge in [-0.25, -0.2) is 0 Å². The second-order valence-electron chi connectivity index (χ2n) is 6.20. The highest BCUT2D eigenvalue weighted by Crippen LogP contribution is 2.16. The van der Waals surface area contributed by atoms with E-state index in [9.17, 15) is 4.79 Å². The number of hydrogen-bond donors (Lipinski definition) is 1. The van der Waals surface area contributed by atoms with Crippen LogP contribution in [0.2, 0.25) is 0 Å². The Morgan fingerprint density at radius 1 is 1.27 bits per heavy atom. The molecule has 1 aliphatic rings. The zero-order chi connectivity index (χ0) is 15.4. The van der Waals surface area contributed by atoms with Crippen molar-refractivity contribution in [2.75, 3.05) is 20.1 Å². The molecular weight excluding hydrogens is 274 g/mol. The Morgan fingerprint density at radius 2 is 2.14 bits per heavy atom. The number of likely N-dealkylation sites (N-methyl/N-ethyl adjacent to an activating group) is 1. The molecule has 0 aliphatic carbocycles. The summed E-state index contributed by atoms with van der Waals surface area (Å²) < 4.78 is 2.26. The lowest BCUT2D eigenvalue weighted by molar-refractivity contribution is -0.127. The molecule has 0 unspecified atom stereocenters. The van der Waals surface area contributed by atoms with Crippen LogP contribution in [0, 0.1) is 0 Å². The molecule has 1 aromatic carbocycles. The van der Waals surface area contributed by atoms with Crippen molar-refractivity contribution in [1.29, 1.82) is 0 Å². The van der Waals surface area contributed by atoms with Crippen LogP contribution in [-0.2, 0) is 11.3 Å². The first-order chi connectivity index (χ1) is 10.8. The van der Waals surface area contributed by atoms with Gasteiger partial charge in [0.05, 0.1) is 6.04 Å². The summed E-state index contributed by atoms with van der Waals surface area (Å²) >= 11 is 0. The van der Waals surface area contributed by atoms with Crippen molar-refractivity contribution in [2.45, 2.75) is 38.3 Å². The number of aromatic nitrogens is 1. The summed E-state index contributed by atoms with van der Waals surface area (Å²) in [5, 5.41) is 4.37. The third-order valence-electron chi connectivity index (χ3n) is 4.63. The van der Waals surface area contributed by atoms with Gasteiger partial charge in [0.2, 0.25) is 5.91 Å². The molecule has 0 spiro atoms. The van der Waals surface area contributed by atoms with Gasteiger partial charge in [0.25, 0.3) is 0 Å². The summed E-state index contributed by atoms with van der Waals surface area (Å²) in [6.45, 7) is 2.72. The van der Waals surface area contributed by atoms with E-state index in [1.807, 2.05) is 0 Å². The standard InChI is InChI=1S/C18H25N3O/c1-20-12-5-4-9-17(20)18(22)19-11-6-13-21-14-10-15-7-2-3-8-16(15)21/h2-3,7-8,10,14,17H,4-6,9,11-13H2,1H3,(H,19,22)/t17-/m0/s1. The van der Waals surface area contributed by atoms with Gasteiger partial charge < -0.3 is 9.88 Å². The van der Waals surface area contributed by atoms with Crippen molar-refractivity contribution in [3.8, 4) is 0 Å². The Hall–Kier alpha value is -1.81. The normalized spacial score (nSPS) is 19.4. The number of aryl methyl sites for hydroxylation is 1. The minimum absolute atomic E-state index is 0.0705. The second-order valence-corrected chi connectivity index (χ2v) is 6.20. The number of benzene rings is 1. The molecule has 22 heavy (non-hydrogen) atoms. The molecule has 4 heteroatoms. The number of carbonyl (C=O) groups excluding carboxylic acids is 1. The lowest BCUT2D eigenvalue weighted by Gasteiger charge is -2.31. The zero-order valence-electron chi connectivity index (χ0n) is 13.3. The molecule has 1 amide bonds. The zero-order valence-corrected chi connectivity index (χ0v) is 13.3. The first-order valence-electron chi connectivity index (χ1n) is 8.27. The van der Waals surface area contributed by atoms with E-state index in [1.54, 1.807) is 0 Å². The highest BCUT2D eigenvalue weighted by Gasteiger charge is 2.25. The lowest BCUT2D eigenvalue weighted by Crippen LogP contribution is -2.47. The number of hydrogen-bond acceptors (Lipinski definition) is 2. The molecular formula is C18H25N3O. The monoisotopic (exact) mass is 299 g/mol. The van der Waals surface area contributed by atoms with Crippen molar-refractivity contribution in [2.24, 2.45) is 0 Å². The maximum absolute atomic E-state index is 12.2. The summed E-state index contributed by atoms with van der Waals surface area (Å²) in [6.07, 6.45) is 6.45. The molecule has 1 atom stereocenters. The summed E-state index contributed by atoms with van der Waals surface area (Å²) in [5.41, 5.74) is 1.26. The maximum atomic E-state index is 12.2. The fraction of sp³-hybridized carbons (Fsp3) is 0.500. The van der Waals surface area contributed by atoms with Crippen molar-refractivity contribution in [3.63, 3.8) is 0 Å². The van der Waals surface area contributed by atoms with E-state index in [2.05, 4.69) is 58.4 Å². The Kier molecular flexibility index (Phi) is 4.78. The van der Waals surface area contributed by atoms with Crippen LogP contribution >= 0.6 is 0 Å².